The van der Waals surface area contributed by atoms with Crippen LogP contribution < -0.4 is 5.43 Å². The van der Waals surface area contributed by atoms with Gasteiger partial charge in [-0.25, -0.2) is 0 Å². The Balaban J connectivity index is 1.64. The Bertz CT molecular complexity index is 626. The molecule has 8 heteroatoms. The summed E-state index contributed by atoms with van der Waals surface area (Å²) in [4.78, 5) is 14.9. The second kappa shape index (κ2) is 6.89. The molecule has 2 heterocycles. The van der Waals surface area contributed by atoms with Crippen LogP contribution in [0.15, 0.2) is 34.4 Å². The molecule has 0 aromatic heterocycles. The van der Waals surface area contributed by atoms with Gasteiger partial charge in [-0.15, -0.1) is 0 Å². The number of ether oxygens (including phenoxy) is 1. The smallest absolute Gasteiger partial charge is 0.270 e. The molecule has 1 atom stereocenters. The van der Waals surface area contributed by atoms with E-state index in [4.69, 9.17) is 4.74 Å². The van der Waals surface area contributed by atoms with Crippen LogP contribution in [0.1, 0.15) is 18.4 Å². The van der Waals surface area contributed by atoms with Crippen molar-refractivity contribution in [1.29, 1.82) is 0 Å². The number of nitrogens with zero attached hydrogens (tertiary/aromatic N) is 3. The molecule has 0 unspecified atom stereocenters. The second-order valence-electron chi connectivity index (χ2n) is 5.05. The first-order chi connectivity index (χ1) is 10.7. The van der Waals surface area contributed by atoms with Crippen LogP contribution in [-0.4, -0.2) is 40.8 Å². The summed E-state index contributed by atoms with van der Waals surface area (Å²) in [6.45, 7) is 1.47. The fourth-order valence-electron chi connectivity index (χ4n) is 2.32. The number of thioether (sulfide) groups is 1. The highest BCUT2D eigenvalue weighted by Crippen LogP contribution is 2.19. The van der Waals surface area contributed by atoms with E-state index in [-0.39, 0.29) is 11.8 Å². The molecule has 1 fully saturated rings. The molecule has 0 amide bonds. The van der Waals surface area contributed by atoms with Crippen LogP contribution in [0.25, 0.3) is 0 Å². The highest BCUT2D eigenvalue weighted by molar-refractivity contribution is 8.14. The van der Waals surface area contributed by atoms with Crippen LogP contribution in [0.5, 0.6) is 0 Å². The van der Waals surface area contributed by atoms with Crippen LogP contribution in [0.2, 0.25) is 0 Å². The van der Waals surface area contributed by atoms with E-state index < -0.39 is 4.92 Å². The highest BCUT2D eigenvalue weighted by Gasteiger charge is 2.18. The third kappa shape index (κ3) is 3.63. The third-order valence-corrected chi connectivity index (χ3v) is 4.40. The number of hydrazone groups is 1. The van der Waals surface area contributed by atoms with Crippen molar-refractivity contribution in [3.8, 4) is 0 Å². The molecule has 3 rings (SSSR count). The van der Waals surface area contributed by atoms with Gasteiger partial charge in [0.05, 0.1) is 23.3 Å². The van der Waals surface area contributed by atoms with Gasteiger partial charge < -0.3 is 4.74 Å². The Morgan fingerprint density at radius 1 is 1.55 bits per heavy atom. The number of amidine groups is 1. The number of benzene rings is 1. The van der Waals surface area contributed by atoms with E-state index in [0.29, 0.717) is 12.3 Å². The monoisotopic (exact) mass is 320 g/mol. The van der Waals surface area contributed by atoms with Gasteiger partial charge in [0.2, 0.25) is 0 Å². The van der Waals surface area contributed by atoms with Crippen molar-refractivity contribution in [2.24, 2.45) is 10.1 Å². The maximum Gasteiger partial charge on any atom is 0.270 e. The number of rotatable bonds is 4. The molecule has 1 N–H and O–H groups in total. The van der Waals surface area contributed by atoms with Crippen molar-refractivity contribution >= 4 is 28.3 Å². The van der Waals surface area contributed by atoms with Crippen molar-refractivity contribution in [3.63, 3.8) is 0 Å². The summed E-state index contributed by atoms with van der Waals surface area (Å²) in [6, 6.07) is 6.50. The standard InChI is InChI=1S/C14H16N4O3S/c19-18(20)11-4-1-3-10(7-11)13-9-22-14(17-16-13)15-8-12-5-2-6-21-12/h1,3-4,7,12H,2,5-6,8-9H2,(H,15,17)/t12-/m1/s1. The minimum Gasteiger partial charge on any atom is -0.376 e. The van der Waals surface area contributed by atoms with Crippen LogP contribution in [0.3, 0.4) is 0 Å². The zero-order valence-corrected chi connectivity index (χ0v) is 12.7. The predicted molar refractivity (Wildman–Crippen MR) is 86.5 cm³/mol. The lowest BCUT2D eigenvalue weighted by atomic mass is 10.1. The lowest BCUT2D eigenvalue weighted by molar-refractivity contribution is -0.384. The molecule has 2 aliphatic rings. The summed E-state index contributed by atoms with van der Waals surface area (Å²) in [5.74, 6) is 0.637. The molecule has 22 heavy (non-hydrogen) atoms. The van der Waals surface area contributed by atoms with E-state index in [1.165, 1.54) is 12.1 Å². The molecule has 0 radical (unpaired) electrons. The first kappa shape index (κ1) is 15.0. The largest absolute Gasteiger partial charge is 0.376 e. The zero-order valence-electron chi connectivity index (χ0n) is 11.9. The maximum absolute atomic E-state index is 10.8. The lowest BCUT2D eigenvalue weighted by Crippen LogP contribution is -2.26. The van der Waals surface area contributed by atoms with E-state index in [9.17, 15) is 10.1 Å². The van der Waals surface area contributed by atoms with Crippen LogP contribution in [0.4, 0.5) is 5.69 Å². The van der Waals surface area contributed by atoms with Gasteiger partial charge in [-0.2, -0.15) is 5.10 Å². The predicted octanol–water partition coefficient (Wildman–Crippen LogP) is 2.17. The van der Waals surface area contributed by atoms with Gasteiger partial charge in [0.1, 0.15) is 0 Å². The van der Waals surface area contributed by atoms with Gasteiger partial charge in [-0.05, 0) is 12.8 Å². The van der Waals surface area contributed by atoms with Crippen molar-refractivity contribution in [1.82, 2.24) is 5.43 Å². The van der Waals surface area contributed by atoms with Gasteiger partial charge in [-0.1, -0.05) is 23.9 Å². The summed E-state index contributed by atoms with van der Waals surface area (Å²) >= 11 is 1.55. The fraction of sp³-hybridized carbons (Fsp3) is 0.429. The molecule has 2 aliphatic heterocycles. The summed E-state index contributed by atoms with van der Waals surface area (Å²) in [5.41, 5.74) is 4.53. The van der Waals surface area contributed by atoms with Crippen LogP contribution in [-0.2, 0) is 4.74 Å². The maximum atomic E-state index is 10.8. The summed E-state index contributed by atoms with van der Waals surface area (Å²) < 4.78 is 5.53. The molecular formula is C14H16N4O3S. The van der Waals surface area contributed by atoms with Gasteiger partial charge in [0.15, 0.2) is 5.17 Å². The fourth-order valence-corrected chi connectivity index (χ4v) is 3.10. The number of hydrogen-bond donors (Lipinski definition) is 1. The quantitative estimate of drug-likeness (QED) is 0.678. The van der Waals surface area contributed by atoms with Gasteiger partial charge in [-0.3, -0.25) is 20.5 Å². The lowest BCUT2D eigenvalue weighted by Gasteiger charge is -2.15. The number of nitro benzene ring substituents is 1. The Kier molecular flexibility index (Phi) is 4.69. The highest BCUT2D eigenvalue weighted by atomic mass is 32.2. The molecule has 0 aliphatic carbocycles. The van der Waals surface area contributed by atoms with Crippen LogP contribution in [0, 0.1) is 10.1 Å². The first-order valence-electron chi connectivity index (χ1n) is 7.08. The SMILES string of the molecule is O=[N+]([O-])c1cccc(C2=NNC(=NC[C@H]3CCCO3)SC2)c1. The zero-order chi connectivity index (χ0) is 15.4. The molecule has 116 valence electrons. The molecule has 0 saturated carbocycles. The van der Waals surface area contributed by atoms with Crippen molar-refractivity contribution in [2.75, 3.05) is 18.9 Å². The van der Waals surface area contributed by atoms with E-state index in [2.05, 4.69) is 15.5 Å². The average molecular weight is 320 g/mol. The Morgan fingerprint density at radius 3 is 3.14 bits per heavy atom. The van der Waals surface area contributed by atoms with Gasteiger partial charge >= 0.3 is 0 Å². The minimum atomic E-state index is -0.401. The van der Waals surface area contributed by atoms with Gasteiger partial charge in [0, 0.05) is 30.1 Å². The molecule has 0 spiro atoms. The first-order valence-corrected chi connectivity index (χ1v) is 8.07. The topological polar surface area (TPSA) is 89.1 Å². The third-order valence-electron chi connectivity index (χ3n) is 3.48. The number of nitrogens with one attached hydrogen (secondary N) is 1. The number of aliphatic imine (C=N–C) groups is 1. The number of non-ortho nitro benzene ring substituents is 1. The van der Waals surface area contributed by atoms with E-state index >= 15 is 0 Å². The Morgan fingerprint density at radius 2 is 2.45 bits per heavy atom. The molecule has 7 nitrogen and oxygen atoms in total. The van der Waals surface area contributed by atoms with Crippen molar-refractivity contribution in [3.05, 3.63) is 39.9 Å². The van der Waals surface area contributed by atoms with Gasteiger partial charge in [0.25, 0.3) is 5.69 Å². The molecule has 1 saturated heterocycles. The van der Waals surface area contributed by atoms with E-state index in [1.807, 2.05) is 6.07 Å². The van der Waals surface area contributed by atoms with E-state index in [1.54, 1.807) is 17.8 Å². The number of nitro groups is 1. The summed E-state index contributed by atoms with van der Waals surface area (Å²) in [7, 11) is 0. The molecule has 0 bridgehead atoms. The number of hydrogen-bond acceptors (Lipinski definition) is 6. The van der Waals surface area contributed by atoms with Crippen molar-refractivity contribution in [2.45, 2.75) is 18.9 Å². The summed E-state index contributed by atoms with van der Waals surface area (Å²) in [6.07, 6.45) is 2.38. The van der Waals surface area contributed by atoms with Crippen molar-refractivity contribution < 1.29 is 9.66 Å². The summed E-state index contributed by atoms with van der Waals surface area (Å²) in [5, 5.41) is 15.9. The minimum absolute atomic E-state index is 0.0723. The Hall–Kier alpha value is -1.93. The van der Waals surface area contributed by atoms with Crippen LogP contribution >= 0.6 is 11.8 Å². The molecule has 1 aromatic rings. The Labute approximate surface area is 132 Å². The molecular weight excluding hydrogens is 304 g/mol. The van der Waals surface area contributed by atoms with E-state index in [0.717, 1.165) is 35.9 Å². The average Bonchev–Trinajstić information content (AvgIpc) is 3.07. The normalized spacial score (nSPS) is 23.2. The second-order valence-corrected chi connectivity index (χ2v) is 6.01. The molecule has 1 aromatic carbocycles.